The number of carbonyl (C=O) groups is 3. The molecule has 214 valence electrons. The molecular formula is C30H23ClN2O7S2. The van der Waals surface area contributed by atoms with Crippen LogP contribution in [0.4, 0.5) is 10.5 Å². The Bertz CT molecular complexity index is 1820. The summed E-state index contributed by atoms with van der Waals surface area (Å²) in [5.74, 6) is -0.288. The number of anilines is 1. The van der Waals surface area contributed by atoms with Gasteiger partial charge in [0.15, 0.2) is 5.75 Å². The van der Waals surface area contributed by atoms with E-state index >= 15 is 0 Å². The van der Waals surface area contributed by atoms with Gasteiger partial charge in [-0.25, -0.2) is 0 Å². The molecule has 0 aromatic heterocycles. The lowest BCUT2D eigenvalue weighted by Crippen LogP contribution is -2.32. The molecule has 0 radical (unpaired) electrons. The third-order valence-electron chi connectivity index (χ3n) is 6.14. The highest BCUT2D eigenvalue weighted by Gasteiger charge is 2.35. The average molecular weight is 623 g/mol. The molecule has 0 bridgehead atoms. The molecule has 4 aromatic rings. The summed E-state index contributed by atoms with van der Waals surface area (Å²) in [6.07, 6.45) is 1.47. The number of imide groups is 1. The number of thioether (sulfide) groups is 1. The molecule has 0 saturated carbocycles. The summed E-state index contributed by atoms with van der Waals surface area (Å²) >= 11 is 6.64. The summed E-state index contributed by atoms with van der Waals surface area (Å²) in [5, 5.41) is 4.07. The molecule has 9 nitrogen and oxygen atoms in total. The molecule has 42 heavy (non-hydrogen) atoms. The minimum Gasteiger partial charge on any atom is -0.492 e. The van der Waals surface area contributed by atoms with Gasteiger partial charge >= 0.3 is 10.1 Å². The molecule has 0 unspecified atom stereocenters. The van der Waals surface area contributed by atoms with E-state index in [1.54, 1.807) is 42.5 Å². The van der Waals surface area contributed by atoms with Gasteiger partial charge < -0.3 is 14.2 Å². The Balaban J connectivity index is 1.41. The van der Waals surface area contributed by atoms with E-state index in [2.05, 4.69) is 5.32 Å². The number of rotatable bonds is 9. The monoisotopic (exact) mass is 622 g/mol. The lowest BCUT2D eigenvalue weighted by molar-refractivity contribution is -0.123. The van der Waals surface area contributed by atoms with Crippen LogP contribution in [0.2, 0.25) is 5.02 Å². The van der Waals surface area contributed by atoms with Crippen LogP contribution >= 0.6 is 23.4 Å². The summed E-state index contributed by atoms with van der Waals surface area (Å²) in [6.45, 7) is 1.44. The van der Waals surface area contributed by atoms with E-state index in [1.165, 1.54) is 43.3 Å². The first-order valence-electron chi connectivity index (χ1n) is 12.6. The van der Waals surface area contributed by atoms with Gasteiger partial charge in [0.2, 0.25) is 5.91 Å². The van der Waals surface area contributed by atoms with Crippen LogP contribution in [0.3, 0.4) is 0 Å². The van der Waals surface area contributed by atoms with Gasteiger partial charge in [0, 0.05) is 23.2 Å². The van der Waals surface area contributed by atoms with Crippen LogP contribution in [-0.4, -0.2) is 43.5 Å². The standard InChI is InChI=1S/C30H23ClN2O7S2/c1-19(34)32-22-9-13-24(14-10-22)42(37,38)40-27-15-6-20-4-2-3-5-25(20)26(27)18-28-29(35)33(30(36)41-28)16-17-39-23-11-7-21(31)8-12-23/h2-15,18H,16-17H2,1H3,(H,32,34)/b28-18-. The highest BCUT2D eigenvalue weighted by Crippen LogP contribution is 2.37. The predicted molar refractivity (Wildman–Crippen MR) is 162 cm³/mol. The van der Waals surface area contributed by atoms with Crippen molar-refractivity contribution < 1.29 is 31.7 Å². The molecular weight excluding hydrogens is 600 g/mol. The van der Waals surface area contributed by atoms with E-state index in [0.29, 0.717) is 27.4 Å². The van der Waals surface area contributed by atoms with Crippen LogP contribution < -0.4 is 14.2 Å². The van der Waals surface area contributed by atoms with E-state index in [0.717, 1.165) is 22.0 Å². The zero-order valence-electron chi connectivity index (χ0n) is 22.1. The molecule has 1 aliphatic rings. The van der Waals surface area contributed by atoms with Crippen LogP contribution in [0.25, 0.3) is 16.8 Å². The highest BCUT2D eigenvalue weighted by molar-refractivity contribution is 8.18. The van der Waals surface area contributed by atoms with E-state index in [4.69, 9.17) is 20.5 Å². The maximum absolute atomic E-state index is 13.2. The maximum atomic E-state index is 13.2. The predicted octanol–water partition coefficient (Wildman–Crippen LogP) is 6.33. The van der Waals surface area contributed by atoms with Crippen molar-refractivity contribution in [1.82, 2.24) is 4.90 Å². The fourth-order valence-corrected chi connectivity index (χ4v) is 6.10. The molecule has 0 spiro atoms. The molecule has 0 aliphatic carbocycles. The largest absolute Gasteiger partial charge is 0.492 e. The Kier molecular flexibility index (Phi) is 8.53. The first kappa shape index (κ1) is 29.2. The smallest absolute Gasteiger partial charge is 0.339 e. The van der Waals surface area contributed by atoms with Crippen LogP contribution in [-0.2, 0) is 19.7 Å². The molecule has 0 atom stereocenters. The summed E-state index contributed by atoms with van der Waals surface area (Å²) in [4.78, 5) is 38.3. The number of hydrogen-bond donors (Lipinski definition) is 1. The number of nitrogens with zero attached hydrogens (tertiary/aromatic N) is 1. The number of ether oxygens (including phenoxy) is 1. The van der Waals surface area contributed by atoms with Gasteiger partial charge in [-0.15, -0.1) is 0 Å². The van der Waals surface area contributed by atoms with Crippen LogP contribution in [0.5, 0.6) is 11.5 Å². The van der Waals surface area contributed by atoms with Crippen molar-refractivity contribution in [3.8, 4) is 11.5 Å². The molecule has 1 saturated heterocycles. The number of carbonyl (C=O) groups excluding carboxylic acids is 3. The molecule has 4 aromatic carbocycles. The molecule has 1 aliphatic heterocycles. The first-order valence-corrected chi connectivity index (χ1v) is 15.2. The first-order chi connectivity index (χ1) is 20.1. The van der Waals surface area contributed by atoms with Gasteiger partial charge in [-0.05, 0) is 83.2 Å². The number of hydrogen-bond acceptors (Lipinski definition) is 8. The average Bonchev–Trinajstić information content (AvgIpc) is 3.22. The molecule has 3 amide bonds. The second kappa shape index (κ2) is 12.3. The summed E-state index contributed by atoms with van der Waals surface area (Å²) in [6, 6.07) is 22.7. The Morgan fingerprint density at radius 2 is 1.69 bits per heavy atom. The zero-order valence-corrected chi connectivity index (χ0v) is 24.5. The third-order valence-corrected chi connectivity index (χ3v) is 8.55. The fourth-order valence-electron chi connectivity index (χ4n) is 4.18. The van der Waals surface area contributed by atoms with Crippen molar-refractivity contribution in [2.24, 2.45) is 0 Å². The molecule has 12 heteroatoms. The van der Waals surface area contributed by atoms with E-state index in [1.807, 2.05) is 12.1 Å². The third kappa shape index (κ3) is 6.59. The minimum atomic E-state index is -4.30. The maximum Gasteiger partial charge on any atom is 0.339 e. The SMILES string of the molecule is CC(=O)Nc1ccc(S(=O)(=O)Oc2ccc3ccccc3c2/C=C2\SC(=O)N(CCOc3ccc(Cl)cc3)C2=O)cc1. The summed E-state index contributed by atoms with van der Waals surface area (Å²) in [7, 11) is -4.30. The van der Waals surface area contributed by atoms with Crippen molar-refractivity contribution in [1.29, 1.82) is 0 Å². The topological polar surface area (TPSA) is 119 Å². The van der Waals surface area contributed by atoms with Crippen molar-refractivity contribution in [2.45, 2.75) is 11.8 Å². The molecule has 1 fully saturated rings. The van der Waals surface area contributed by atoms with Gasteiger partial charge in [0.05, 0.1) is 11.4 Å². The van der Waals surface area contributed by atoms with Crippen molar-refractivity contribution in [2.75, 3.05) is 18.5 Å². The fraction of sp³-hybridized carbons (Fsp3) is 0.100. The second-order valence-corrected chi connectivity index (χ2v) is 12.1. The highest BCUT2D eigenvalue weighted by atomic mass is 35.5. The van der Waals surface area contributed by atoms with Crippen molar-refractivity contribution >= 4 is 73.1 Å². The van der Waals surface area contributed by atoms with Gasteiger partial charge in [-0.2, -0.15) is 8.42 Å². The van der Waals surface area contributed by atoms with Crippen LogP contribution in [0.15, 0.2) is 94.7 Å². The molecule has 5 rings (SSSR count). The van der Waals surface area contributed by atoms with Gasteiger partial charge in [0.1, 0.15) is 17.3 Å². The van der Waals surface area contributed by atoms with Gasteiger partial charge in [-0.3, -0.25) is 19.3 Å². The number of halogens is 1. The van der Waals surface area contributed by atoms with E-state index in [-0.39, 0.29) is 34.6 Å². The lowest BCUT2D eigenvalue weighted by Gasteiger charge is -2.14. The quantitative estimate of drug-likeness (QED) is 0.170. The van der Waals surface area contributed by atoms with Crippen molar-refractivity contribution in [3.63, 3.8) is 0 Å². The summed E-state index contributed by atoms with van der Waals surface area (Å²) in [5.41, 5.74) is 0.761. The van der Waals surface area contributed by atoms with Gasteiger partial charge in [-0.1, -0.05) is 41.9 Å². The molecule has 1 N–H and O–H groups in total. The van der Waals surface area contributed by atoms with Gasteiger partial charge in [0.25, 0.3) is 11.1 Å². The Hall–Kier alpha value is -4.32. The van der Waals surface area contributed by atoms with Crippen LogP contribution in [0, 0.1) is 0 Å². The number of fused-ring (bicyclic) bond motifs is 1. The Morgan fingerprint density at radius 1 is 0.976 bits per heavy atom. The normalized spacial score (nSPS) is 14.4. The zero-order chi connectivity index (χ0) is 29.9. The number of nitrogens with one attached hydrogen (secondary N) is 1. The van der Waals surface area contributed by atoms with Crippen molar-refractivity contribution in [3.05, 3.63) is 100 Å². The number of amides is 3. The Morgan fingerprint density at radius 3 is 2.40 bits per heavy atom. The summed E-state index contributed by atoms with van der Waals surface area (Å²) < 4.78 is 37.6. The lowest BCUT2D eigenvalue weighted by atomic mass is 10.0. The van der Waals surface area contributed by atoms with E-state index in [9.17, 15) is 22.8 Å². The Labute approximate surface area is 251 Å². The molecule has 1 heterocycles. The minimum absolute atomic E-state index is 0.0162. The van der Waals surface area contributed by atoms with Crippen LogP contribution in [0.1, 0.15) is 12.5 Å². The second-order valence-electron chi connectivity index (χ2n) is 9.08. The van der Waals surface area contributed by atoms with E-state index < -0.39 is 21.3 Å². The number of benzene rings is 4.